The molecule has 4 nitrogen and oxygen atoms in total. The summed E-state index contributed by atoms with van der Waals surface area (Å²) in [7, 11) is 0. The van der Waals surface area contributed by atoms with Crippen LogP contribution in [0.2, 0.25) is 0 Å². The molecule has 150 valence electrons. The van der Waals surface area contributed by atoms with Gasteiger partial charge in [-0.2, -0.15) is 0 Å². The van der Waals surface area contributed by atoms with Gasteiger partial charge in [0, 0.05) is 10.4 Å². The Hall–Kier alpha value is -2.70. The molecule has 3 rings (SSSR count). The average molecular weight is 425 g/mol. The second kappa shape index (κ2) is 9.67. The lowest BCUT2D eigenvalue weighted by molar-refractivity contribution is 0.0529. The first-order chi connectivity index (χ1) is 14.0. The number of ether oxygens (including phenoxy) is 1. The minimum atomic E-state index is -0.350. The highest BCUT2D eigenvalue weighted by atomic mass is 32.1. The molecule has 0 bridgehead atoms. The second-order valence-electron chi connectivity index (χ2n) is 6.55. The van der Waals surface area contributed by atoms with Crippen molar-refractivity contribution >= 4 is 39.6 Å². The van der Waals surface area contributed by atoms with Crippen LogP contribution in [0.15, 0.2) is 60.7 Å². The molecule has 3 aromatic rings. The van der Waals surface area contributed by atoms with Crippen molar-refractivity contribution in [2.24, 2.45) is 0 Å². The van der Waals surface area contributed by atoms with E-state index >= 15 is 0 Å². The summed E-state index contributed by atoms with van der Waals surface area (Å²) in [5, 5.41) is 7.66. The Morgan fingerprint density at radius 2 is 1.72 bits per heavy atom. The Kier molecular flexibility index (Phi) is 7.01. The maximum absolute atomic E-state index is 12.8. The molecular weight excluding hydrogens is 400 g/mol. The number of hydrogen-bond donors (Lipinski definition) is 2. The number of rotatable bonds is 6. The summed E-state index contributed by atoms with van der Waals surface area (Å²) in [6.45, 7) is 6.17. The number of benzene rings is 2. The summed E-state index contributed by atoms with van der Waals surface area (Å²) >= 11 is 7.03. The van der Waals surface area contributed by atoms with E-state index in [1.807, 2.05) is 74.5 Å². The van der Waals surface area contributed by atoms with Crippen LogP contribution < -0.4 is 10.6 Å². The van der Waals surface area contributed by atoms with Crippen molar-refractivity contribution in [2.75, 3.05) is 11.9 Å². The third-order valence-corrected chi connectivity index (χ3v) is 5.74. The van der Waals surface area contributed by atoms with Gasteiger partial charge in [-0.1, -0.05) is 60.7 Å². The lowest BCUT2D eigenvalue weighted by Crippen LogP contribution is -2.31. The SMILES string of the molecule is CCOC(=O)c1c(NC(=S)NC(C)c2ccccc2)sc(C)c1-c1ccccc1. The Morgan fingerprint density at radius 3 is 2.34 bits per heavy atom. The fourth-order valence-electron chi connectivity index (χ4n) is 3.14. The molecule has 0 fully saturated rings. The molecule has 2 aromatic carbocycles. The van der Waals surface area contributed by atoms with Crippen molar-refractivity contribution in [1.29, 1.82) is 0 Å². The van der Waals surface area contributed by atoms with Crippen LogP contribution in [0, 0.1) is 6.92 Å². The van der Waals surface area contributed by atoms with Gasteiger partial charge in [-0.15, -0.1) is 11.3 Å². The number of hydrogen-bond acceptors (Lipinski definition) is 4. The predicted octanol–water partition coefficient (Wildman–Crippen LogP) is 5.95. The number of esters is 1. The van der Waals surface area contributed by atoms with Gasteiger partial charge in [0.1, 0.15) is 10.6 Å². The first-order valence-corrected chi connectivity index (χ1v) is 10.7. The van der Waals surface area contributed by atoms with E-state index < -0.39 is 0 Å². The maximum Gasteiger partial charge on any atom is 0.341 e. The van der Waals surface area contributed by atoms with Crippen molar-refractivity contribution in [1.82, 2.24) is 5.32 Å². The third-order valence-electron chi connectivity index (χ3n) is 4.50. The zero-order chi connectivity index (χ0) is 20.8. The van der Waals surface area contributed by atoms with Crippen LogP contribution in [0.5, 0.6) is 0 Å². The van der Waals surface area contributed by atoms with Crippen LogP contribution in [0.4, 0.5) is 5.00 Å². The van der Waals surface area contributed by atoms with Gasteiger partial charge in [0.2, 0.25) is 0 Å². The molecular formula is C23H24N2O2S2. The minimum absolute atomic E-state index is 0.0388. The van der Waals surface area contributed by atoms with Crippen molar-refractivity contribution in [3.05, 3.63) is 76.7 Å². The zero-order valence-electron chi connectivity index (χ0n) is 16.7. The first-order valence-electron chi connectivity index (χ1n) is 9.49. The number of aryl methyl sites for hydroxylation is 1. The topological polar surface area (TPSA) is 50.4 Å². The average Bonchev–Trinajstić information content (AvgIpc) is 3.05. The molecule has 0 saturated carbocycles. The Bertz CT molecular complexity index is 985. The highest BCUT2D eigenvalue weighted by Gasteiger charge is 2.25. The van der Waals surface area contributed by atoms with Gasteiger partial charge in [0.25, 0.3) is 0 Å². The summed E-state index contributed by atoms with van der Waals surface area (Å²) in [5.41, 5.74) is 3.52. The standard InChI is InChI=1S/C23H24N2O2S2/c1-4-27-22(26)20-19(18-13-9-6-10-14-18)16(3)29-21(20)25-23(28)24-15(2)17-11-7-5-8-12-17/h5-15H,4H2,1-3H3,(H2,24,25,28). The zero-order valence-corrected chi connectivity index (χ0v) is 18.3. The van der Waals surface area contributed by atoms with Crippen LogP contribution in [0.1, 0.15) is 40.7 Å². The van der Waals surface area contributed by atoms with E-state index in [4.69, 9.17) is 17.0 Å². The summed E-state index contributed by atoms with van der Waals surface area (Å²) in [4.78, 5) is 13.8. The van der Waals surface area contributed by atoms with E-state index in [0.717, 1.165) is 21.6 Å². The molecule has 0 amide bonds. The molecule has 1 unspecified atom stereocenters. The lowest BCUT2D eigenvalue weighted by Gasteiger charge is -2.17. The third kappa shape index (κ3) is 5.02. The van der Waals surface area contributed by atoms with Crippen LogP contribution in [-0.2, 0) is 4.74 Å². The van der Waals surface area contributed by atoms with Crippen molar-refractivity contribution in [3.63, 3.8) is 0 Å². The van der Waals surface area contributed by atoms with Crippen LogP contribution in [0.3, 0.4) is 0 Å². The van der Waals surface area contributed by atoms with Gasteiger partial charge in [0.05, 0.1) is 12.6 Å². The van der Waals surface area contributed by atoms with Gasteiger partial charge in [0.15, 0.2) is 5.11 Å². The molecule has 0 saturated heterocycles. The van der Waals surface area contributed by atoms with E-state index in [9.17, 15) is 4.79 Å². The largest absolute Gasteiger partial charge is 0.462 e. The lowest BCUT2D eigenvalue weighted by atomic mass is 10.0. The smallest absolute Gasteiger partial charge is 0.341 e. The molecule has 0 aliphatic heterocycles. The Labute approximate surface area is 180 Å². The van der Waals surface area contributed by atoms with Crippen molar-refractivity contribution < 1.29 is 9.53 Å². The van der Waals surface area contributed by atoms with Gasteiger partial charge in [-0.25, -0.2) is 4.79 Å². The predicted molar refractivity (Wildman–Crippen MR) is 125 cm³/mol. The number of nitrogens with one attached hydrogen (secondary N) is 2. The number of thiocarbonyl (C=S) groups is 1. The summed E-state index contributed by atoms with van der Waals surface area (Å²) in [6.07, 6.45) is 0. The van der Waals surface area contributed by atoms with E-state index in [-0.39, 0.29) is 12.0 Å². The van der Waals surface area contributed by atoms with Crippen molar-refractivity contribution in [3.8, 4) is 11.1 Å². The van der Waals surface area contributed by atoms with E-state index in [1.54, 1.807) is 6.92 Å². The summed E-state index contributed by atoms with van der Waals surface area (Å²) in [6, 6.07) is 20.0. The molecule has 0 aliphatic rings. The fraction of sp³-hybridized carbons (Fsp3) is 0.217. The van der Waals surface area contributed by atoms with E-state index in [2.05, 4.69) is 10.6 Å². The summed E-state index contributed by atoms with van der Waals surface area (Å²) in [5.74, 6) is -0.350. The Morgan fingerprint density at radius 1 is 1.10 bits per heavy atom. The monoisotopic (exact) mass is 424 g/mol. The number of carbonyl (C=O) groups is 1. The molecule has 0 aliphatic carbocycles. The molecule has 6 heteroatoms. The second-order valence-corrected chi connectivity index (χ2v) is 8.19. The number of carbonyl (C=O) groups excluding carboxylic acids is 1. The van der Waals surface area contributed by atoms with Gasteiger partial charge >= 0.3 is 5.97 Å². The van der Waals surface area contributed by atoms with Crippen molar-refractivity contribution in [2.45, 2.75) is 26.8 Å². The molecule has 1 atom stereocenters. The van der Waals surface area contributed by atoms with E-state index in [1.165, 1.54) is 11.3 Å². The molecule has 2 N–H and O–H groups in total. The van der Waals surface area contributed by atoms with Gasteiger partial charge < -0.3 is 15.4 Å². The Balaban J connectivity index is 1.88. The molecule has 1 heterocycles. The molecule has 1 aromatic heterocycles. The molecule has 0 radical (unpaired) electrons. The highest BCUT2D eigenvalue weighted by molar-refractivity contribution is 7.80. The van der Waals surface area contributed by atoms with Crippen LogP contribution in [-0.4, -0.2) is 17.7 Å². The minimum Gasteiger partial charge on any atom is -0.462 e. The molecule has 29 heavy (non-hydrogen) atoms. The highest BCUT2D eigenvalue weighted by Crippen LogP contribution is 2.40. The maximum atomic E-state index is 12.8. The van der Waals surface area contributed by atoms with Gasteiger partial charge in [-0.05, 0) is 44.1 Å². The number of anilines is 1. The first kappa shape index (κ1) is 21.0. The quantitative estimate of drug-likeness (QED) is 0.378. The summed E-state index contributed by atoms with van der Waals surface area (Å²) < 4.78 is 5.34. The van der Waals surface area contributed by atoms with Crippen LogP contribution >= 0.6 is 23.6 Å². The molecule has 0 spiro atoms. The van der Waals surface area contributed by atoms with Crippen LogP contribution in [0.25, 0.3) is 11.1 Å². The number of thiophene rings is 1. The normalized spacial score (nSPS) is 11.6. The fourth-order valence-corrected chi connectivity index (χ4v) is 4.56. The van der Waals surface area contributed by atoms with Gasteiger partial charge in [-0.3, -0.25) is 0 Å². The van der Waals surface area contributed by atoms with E-state index in [0.29, 0.717) is 22.3 Å².